The molecule has 1 aromatic heterocycles. The van der Waals surface area contributed by atoms with Crippen molar-refractivity contribution in [1.82, 2.24) is 19.8 Å². The van der Waals surface area contributed by atoms with Gasteiger partial charge >= 0.3 is 0 Å². The summed E-state index contributed by atoms with van der Waals surface area (Å²) in [5, 5.41) is 3.37. The minimum Gasteiger partial charge on any atom is -0.334 e. The lowest BCUT2D eigenvalue weighted by atomic mass is 10.1. The second kappa shape index (κ2) is 7.53. The van der Waals surface area contributed by atoms with Gasteiger partial charge in [-0.1, -0.05) is 25.1 Å². The van der Waals surface area contributed by atoms with Crippen LogP contribution in [0.1, 0.15) is 35.9 Å². The molecule has 2 heterocycles. The first-order chi connectivity index (χ1) is 13.2. The third-order valence-electron chi connectivity index (χ3n) is 5.28. The molecule has 1 N–H and O–H groups in total. The van der Waals surface area contributed by atoms with Crippen LogP contribution < -0.4 is 5.32 Å². The van der Waals surface area contributed by atoms with E-state index < -0.39 is 0 Å². The molecule has 0 aliphatic carbocycles. The molecule has 3 aromatic rings. The maximum absolute atomic E-state index is 13.2. The van der Waals surface area contributed by atoms with Gasteiger partial charge in [-0.05, 0) is 56.6 Å². The Bertz CT molecular complexity index is 942. The Hall–Kier alpha value is -2.66. The van der Waals surface area contributed by atoms with Gasteiger partial charge in [0.2, 0.25) is 0 Å². The quantitative estimate of drug-likeness (QED) is 0.755. The summed E-state index contributed by atoms with van der Waals surface area (Å²) in [5.41, 5.74) is 3.70. The van der Waals surface area contributed by atoms with Crippen molar-refractivity contribution in [3.63, 3.8) is 0 Å². The van der Waals surface area contributed by atoms with Crippen molar-refractivity contribution < 1.29 is 4.79 Å². The van der Waals surface area contributed by atoms with Crippen LogP contribution in [-0.2, 0) is 0 Å². The highest BCUT2D eigenvalue weighted by atomic mass is 16.2. The summed E-state index contributed by atoms with van der Waals surface area (Å²) in [7, 11) is 0. The van der Waals surface area contributed by atoms with Crippen LogP contribution in [0.3, 0.4) is 0 Å². The van der Waals surface area contributed by atoms with E-state index in [1.54, 1.807) is 0 Å². The topological polar surface area (TPSA) is 50.2 Å². The molecule has 0 spiro atoms. The van der Waals surface area contributed by atoms with E-state index in [4.69, 9.17) is 4.98 Å². The van der Waals surface area contributed by atoms with Crippen LogP contribution in [0.5, 0.6) is 0 Å². The summed E-state index contributed by atoms with van der Waals surface area (Å²) in [6, 6.07) is 16.4. The maximum Gasteiger partial charge on any atom is 0.254 e. The van der Waals surface area contributed by atoms with Gasteiger partial charge in [-0.25, -0.2) is 4.98 Å². The second-order valence-corrected chi connectivity index (χ2v) is 7.18. The SMILES string of the molecule is CCCN(C(=O)c1ccc2c(c1)nc(C)n2-c1ccccc1)C1CCNC1. The molecular formula is C22H26N4O. The largest absolute Gasteiger partial charge is 0.334 e. The van der Waals surface area contributed by atoms with Gasteiger partial charge < -0.3 is 10.2 Å². The molecule has 1 fully saturated rings. The van der Waals surface area contributed by atoms with Gasteiger partial charge in [-0.15, -0.1) is 0 Å². The highest BCUT2D eigenvalue weighted by molar-refractivity contribution is 5.98. The third kappa shape index (κ3) is 3.35. The molecule has 0 saturated carbocycles. The number of hydrogen-bond donors (Lipinski definition) is 1. The average molecular weight is 362 g/mol. The van der Waals surface area contributed by atoms with Gasteiger partial charge in [-0.3, -0.25) is 9.36 Å². The molecule has 1 aliphatic heterocycles. The number of para-hydroxylation sites is 1. The number of carbonyl (C=O) groups is 1. The summed E-state index contributed by atoms with van der Waals surface area (Å²) in [6.07, 6.45) is 1.99. The van der Waals surface area contributed by atoms with Crippen LogP contribution in [0.4, 0.5) is 0 Å². The van der Waals surface area contributed by atoms with Crippen molar-refractivity contribution in [2.75, 3.05) is 19.6 Å². The molecule has 2 aromatic carbocycles. The van der Waals surface area contributed by atoms with Gasteiger partial charge in [0.15, 0.2) is 0 Å². The Labute approximate surface area is 160 Å². The summed E-state index contributed by atoms with van der Waals surface area (Å²) >= 11 is 0. The fourth-order valence-corrected chi connectivity index (χ4v) is 4.00. The van der Waals surface area contributed by atoms with E-state index >= 15 is 0 Å². The van der Waals surface area contributed by atoms with Crippen molar-refractivity contribution in [2.45, 2.75) is 32.7 Å². The van der Waals surface area contributed by atoms with Crippen molar-refractivity contribution in [3.05, 3.63) is 59.9 Å². The van der Waals surface area contributed by atoms with E-state index in [2.05, 4.69) is 28.9 Å². The highest BCUT2D eigenvalue weighted by Crippen LogP contribution is 2.23. The summed E-state index contributed by atoms with van der Waals surface area (Å²) < 4.78 is 2.13. The summed E-state index contributed by atoms with van der Waals surface area (Å²) in [5.74, 6) is 1.03. The average Bonchev–Trinajstić information content (AvgIpc) is 3.32. The molecule has 1 atom stereocenters. The first-order valence-electron chi connectivity index (χ1n) is 9.75. The number of carbonyl (C=O) groups excluding carboxylic acids is 1. The molecule has 1 amide bonds. The van der Waals surface area contributed by atoms with Crippen molar-refractivity contribution >= 4 is 16.9 Å². The molecule has 4 rings (SSSR count). The van der Waals surface area contributed by atoms with Gasteiger partial charge in [0.1, 0.15) is 5.82 Å². The lowest BCUT2D eigenvalue weighted by Gasteiger charge is -2.28. The number of benzene rings is 2. The van der Waals surface area contributed by atoms with Crippen LogP contribution in [0.15, 0.2) is 48.5 Å². The minimum absolute atomic E-state index is 0.111. The first-order valence-corrected chi connectivity index (χ1v) is 9.75. The van der Waals surface area contributed by atoms with E-state index in [1.165, 1.54) is 0 Å². The molecule has 1 saturated heterocycles. The van der Waals surface area contributed by atoms with Gasteiger partial charge in [-0.2, -0.15) is 0 Å². The zero-order valence-corrected chi connectivity index (χ0v) is 16.0. The van der Waals surface area contributed by atoms with E-state index in [0.29, 0.717) is 0 Å². The predicted octanol–water partition coefficient (Wildman–Crippen LogP) is 3.55. The molecule has 1 unspecified atom stereocenters. The van der Waals surface area contributed by atoms with Gasteiger partial charge in [0, 0.05) is 30.4 Å². The Morgan fingerprint density at radius 3 is 2.78 bits per heavy atom. The van der Waals surface area contributed by atoms with Crippen LogP contribution in [0.25, 0.3) is 16.7 Å². The fourth-order valence-electron chi connectivity index (χ4n) is 4.00. The second-order valence-electron chi connectivity index (χ2n) is 7.18. The van der Waals surface area contributed by atoms with Gasteiger partial charge in [0.05, 0.1) is 11.0 Å². The smallest absolute Gasteiger partial charge is 0.254 e. The van der Waals surface area contributed by atoms with E-state index in [9.17, 15) is 4.79 Å². The molecule has 0 radical (unpaired) electrons. The number of nitrogens with zero attached hydrogens (tertiary/aromatic N) is 3. The number of hydrogen-bond acceptors (Lipinski definition) is 3. The molecule has 140 valence electrons. The zero-order chi connectivity index (χ0) is 18.8. The predicted molar refractivity (Wildman–Crippen MR) is 108 cm³/mol. The lowest BCUT2D eigenvalue weighted by molar-refractivity contribution is 0.0692. The monoisotopic (exact) mass is 362 g/mol. The van der Waals surface area contributed by atoms with Crippen molar-refractivity contribution in [3.8, 4) is 5.69 Å². The molecular weight excluding hydrogens is 336 g/mol. The maximum atomic E-state index is 13.2. The van der Waals surface area contributed by atoms with Crippen LogP contribution in [0, 0.1) is 6.92 Å². The number of rotatable bonds is 5. The first kappa shape index (κ1) is 17.7. The van der Waals surface area contributed by atoms with E-state index in [0.717, 1.165) is 60.6 Å². The molecule has 5 nitrogen and oxygen atoms in total. The minimum atomic E-state index is 0.111. The van der Waals surface area contributed by atoms with Crippen LogP contribution in [0.2, 0.25) is 0 Å². The van der Waals surface area contributed by atoms with Gasteiger partial charge in [0.25, 0.3) is 5.91 Å². The number of amides is 1. The number of fused-ring (bicyclic) bond motifs is 1. The Kier molecular flexibility index (Phi) is 4.94. The Morgan fingerprint density at radius 1 is 1.26 bits per heavy atom. The third-order valence-corrected chi connectivity index (χ3v) is 5.28. The van der Waals surface area contributed by atoms with E-state index in [-0.39, 0.29) is 11.9 Å². The Balaban J connectivity index is 1.70. The molecule has 1 aliphatic rings. The standard InChI is InChI=1S/C22H26N4O/c1-3-13-25(19-11-12-23-15-19)22(27)17-9-10-21-20(14-17)24-16(2)26(21)18-7-5-4-6-8-18/h4-10,14,19,23H,3,11-13,15H2,1-2H3. The number of aryl methyl sites for hydroxylation is 1. The summed E-state index contributed by atoms with van der Waals surface area (Å²) in [6.45, 7) is 6.78. The van der Waals surface area contributed by atoms with Crippen molar-refractivity contribution in [2.24, 2.45) is 0 Å². The number of nitrogens with one attached hydrogen (secondary N) is 1. The number of aromatic nitrogens is 2. The number of imidazole rings is 1. The highest BCUT2D eigenvalue weighted by Gasteiger charge is 2.27. The summed E-state index contributed by atoms with van der Waals surface area (Å²) in [4.78, 5) is 19.9. The van der Waals surface area contributed by atoms with Crippen LogP contribution in [-0.4, -0.2) is 46.0 Å². The molecule has 5 heteroatoms. The zero-order valence-electron chi connectivity index (χ0n) is 16.0. The van der Waals surface area contributed by atoms with E-state index in [1.807, 2.05) is 48.2 Å². The molecule has 0 bridgehead atoms. The lowest BCUT2D eigenvalue weighted by Crippen LogP contribution is -2.42. The normalized spacial score (nSPS) is 16.7. The van der Waals surface area contributed by atoms with Crippen molar-refractivity contribution in [1.29, 1.82) is 0 Å². The Morgan fingerprint density at radius 2 is 2.07 bits per heavy atom. The molecule has 27 heavy (non-hydrogen) atoms. The van der Waals surface area contributed by atoms with Crippen LogP contribution >= 0.6 is 0 Å². The fraction of sp³-hybridized carbons (Fsp3) is 0.364.